The second-order valence-electron chi connectivity index (χ2n) is 2.98. The molecule has 0 amide bonds. The van der Waals surface area contributed by atoms with Crippen molar-refractivity contribution >= 4 is 22.6 Å². The number of benzene rings is 1. The van der Waals surface area contributed by atoms with Crippen molar-refractivity contribution in [1.29, 1.82) is 0 Å². The number of hydrogen-bond acceptors (Lipinski definition) is 3. The summed E-state index contributed by atoms with van der Waals surface area (Å²) in [7, 11) is 0. The minimum Gasteiger partial charge on any atom is -0.504 e. The maximum Gasteiger partial charge on any atom is 0.340 e. The predicted molar refractivity (Wildman–Crippen MR) is 53.9 cm³/mol. The highest BCUT2D eigenvalue weighted by Crippen LogP contribution is 2.29. The third-order valence-electron chi connectivity index (χ3n) is 2.06. The average Bonchev–Trinajstić information content (AvgIpc) is 2.17. The summed E-state index contributed by atoms with van der Waals surface area (Å²) in [6.45, 7) is 1.58. The molecule has 1 heterocycles. The van der Waals surface area contributed by atoms with Gasteiger partial charge in [0.1, 0.15) is 0 Å². The van der Waals surface area contributed by atoms with Crippen molar-refractivity contribution in [2.24, 2.45) is 0 Å². The molecule has 0 aliphatic rings. The number of phenolic OH excluding ortho intramolecular Hbond substituents is 1. The van der Waals surface area contributed by atoms with Crippen LogP contribution in [0.4, 0.5) is 0 Å². The lowest BCUT2D eigenvalue weighted by Crippen LogP contribution is -2.03. The van der Waals surface area contributed by atoms with Crippen LogP contribution in [-0.2, 0) is 0 Å². The Morgan fingerprint density at radius 3 is 2.86 bits per heavy atom. The Balaban J connectivity index is 3.06. The van der Waals surface area contributed by atoms with E-state index in [1.807, 2.05) is 0 Å². The Morgan fingerprint density at radius 2 is 2.14 bits per heavy atom. The first-order valence-electron chi connectivity index (χ1n) is 4.02. The number of phenols is 1. The summed E-state index contributed by atoms with van der Waals surface area (Å²) in [6, 6.07) is 4.77. The molecule has 0 aliphatic heterocycles. The van der Waals surface area contributed by atoms with Crippen molar-refractivity contribution in [3.05, 3.63) is 39.2 Å². The van der Waals surface area contributed by atoms with Crippen LogP contribution >= 0.6 is 11.6 Å². The first-order valence-corrected chi connectivity index (χ1v) is 4.40. The fourth-order valence-electron chi connectivity index (χ4n) is 1.27. The Morgan fingerprint density at radius 1 is 1.43 bits per heavy atom. The van der Waals surface area contributed by atoms with Gasteiger partial charge in [0.15, 0.2) is 11.3 Å². The van der Waals surface area contributed by atoms with Crippen LogP contribution in [0, 0.1) is 6.92 Å². The molecule has 14 heavy (non-hydrogen) atoms. The highest BCUT2D eigenvalue weighted by molar-refractivity contribution is 6.36. The summed E-state index contributed by atoms with van der Waals surface area (Å²) < 4.78 is 4.91. The molecule has 0 aliphatic carbocycles. The van der Waals surface area contributed by atoms with E-state index < -0.39 is 5.63 Å². The van der Waals surface area contributed by atoms with Crippen molar-refractivity contribution in [2.45, 2.75) is 6.92 Å². The van der Waals surface area contributed by atoms with Crippen LogP contribution in [0.5, 0.6) is 5.75 Å². The maximum atomic E-state index is 11.2. The van der Waals surface area contributed by atoms with Gasteiger partial charge in [-0.25, -0.2) is 4.79 Å². The molecule has 0 atom stereocenters. The summed E-state index contributed by atoms with van der Waals surface area (Å²) in [5.74, 6) is -0.0819. The maximum absolute atomic E-state index is 11.2. The van der Waals surface area contributed by atoms with E-state index in [9.17, 15) is 9.90 Å². The van der Waals surface area contributed by atoms with Crippen LogP contribution in [0.3, 0.4) is 0 Å². The van der Waals surface area contributed by atoms with Gasteiger partial charge in [-0.05, 0) is 19.1 Å². The van der Waals surface area contributed by atoms with E-state index in [1.165, 1.54) is 6.07 Å². The topological polar surface area (TPSA) is 50.4 Å². The minimum atomic E-state index is -0.524. The van der Waals surface area contributed by atoms with E-state index in [1.54, 1.807) is 19.1 Å². The zero-order valence-corrected chi connectivity index (χ0v) is 8.13. The van der Waals surface area contributed by atoms with E-state index in [2.05, 4.69) is 0 Å². The smallest absolute Gasteiger partial charge is 0.340 e. The van der Waals surface area contributed by atoms with Crippen LogP contribution in [0.1, 0.15) is 5.56 Å². The molecule has 1 aromatic carbocycles. The highest BCUT2D eigenvalue weighted by atomic mass is 35.5. The van der Waals surface area contributed by atoms with Gasteiger partial charge in [0, 0.05) is 5.39 Å². The number of rotatable bonds is 0. The summed E-state index contributed by atoms with van der Waals surface area (Å²) in [5, 5.41) is 10.3. The number of halogens is 1. The fraction of sp³-hybridized carbons (Fsp3) is 0.100. The molecule has 0 unspecified atom stereocenters. The molecule has 0 bridgehead atoms. The standard InChI is InChI=1S/C10H7ClO3/c1-5-8(11)6-3-2-4-7(12)9(6)14-10(5)13/h2-4,12H,1H3. The Labute approximate surface area is 84.5 Å². The molecule has 3 nitrogen and oxygen atoms in total. The SMILES string of the molecule is Cc1c(Cl)c2cccc(O)c2oc1=O. The van der Waals surface area contributed by atoms with E-state index in [0.717, 1.165) is 0 Å². The average molecular weight is 211 g/mol. The van der Waals surface area contributed by atoms with Gasteiger partial charge < -0.3 is 9.52 Å². The van der Waals surface area contributed by atoms with Gasteiger partial charge in [0.25, 0.3) is 0 Å². The number of fused-ring (bicyclic) bond motifs is 1. The molecule has 72 valence electrons. The lowest BCUT2D eigenvalue weighted by atomic mass is 10.2. The minimum absolute atomic E-state index is 0.0819. The number of para-hydroxylation sites is 1. The zero-order chi connectivity index (χ0) is 10.3. The Hall–Kier alpha value is -1.48. The lowest BCUT2D eigenvalue weighted by Gasteiger charge is -2.02. The summed E-state index contributed by atoms with van der Waals surface area (Å²) in [4.78, 5) is 11.2. The molecular weight excluding hydrogens is 204 g/mol. The molecule has 1 aromatic heterocycles. The number of hydrogen-bond donors (Lipinski definition) is 1. The molecule has 2 aromatic rings. The highest BCUT2D eigenvalue weighted by Gasteiger charge is 2.10. The molecule has 0 fully saturated rings. The fourth-order valence-corrected chi connectivity index (χ4v) is 1.49. The Kier molecular flexibility index (Phi) is 1.97. The molecule has 0 saturated heterocycles. The monoisotopic (exact) mass is 210 g/mol. The van der Waals surface area contributed by atoms with Gasteiger partial charge in [0.2, 0.25) is 0 Å². The van der Waals surface area contributed by atoms with Crippen molar-refractivity contribution in [2.75, 3.05) is 0 Å². The molecule has 2 rings (SSSR count). The summed E-state index contributed by atoms with van der Waals surface area (Å²) in [6.07, 6.45) is 0. The normalized spacial score (nSPS) is 10.7. The van der Waals surface area contributed by atoms with Crippen molar-refractivity contribution in [3.63, 3.8) is 0 Å². The first-order chi connectivity index (χ1) is 6.61. The lowest BCUT2D eigenvalue weighted by molar-refractivity contribution is 0.456. The van der Waals surface area contributed by atoms with E-state index in [4.69, 9.17) is 16.0 Å². The summed E-state index contributed by atoms with van der Waals surface area (Å²) in [5.41, 5.74) is -0.0399. The molecular formula is C10H7ClO3. The van der Waals surface area contributed by atoms with Crippen molar-refractivity contribution in [3.8, 4) is 5.75 Å². The molecule has 4 heteroatoms. The van der Waals surface area contributed by atoms with Crippen LogP contribution in [-0.4, -0.2) is 5.11 Å². The van der Waals surface area contributed by atoms with E-state index in [0.29, 0.717) is 16.0 Å². The quantitative estimate of drug-likeness (QED) is 0.680. The van der Waals surface area contributed by atoms with Crippen molar-refractivity contribution < 1.29 is 9.52 Å². The van der Waals surface area contributed by atoms with Gasteiger partial charge in [-0.3, -0.25) is 0 Å². The first kappa shape index (κ1) is 9.09. The van der Waals surface area contributed by atoms with Gasteiger partial charge in [0.05, 0.1) is 10.6 Å². The van der Waals surface area contributed by atoms with Gasteiger partial charge in [-0.2, -0.15) is 0 Å². The molecule has 0 spiro atoms. The third-order valence-corrected chi connectivity index (χ3v) is 2.55. The molecule has 0 radical (unpaired) electrons. The van der Waals surface area contributed by atoms with E-state index in [-0.39, 0.29) is 11.3 Å². The van der Waals surface area contributed by atoms with E-state index >= 15 is 0 Å². The largest absolute Gasteiger partial charge is 0.504 e. The second-order valence-corrected chi connectivity index (χ2v) is 3.36. The van der Waals surface area contributed by atoms with Crippen LogP contribution in [0.15, 0.2) is 27.4 Å². The number of aromatic hydroxyl groups is 1. The molecule has 1 N–H and O–H groups in total. The Bertz CT molecular complexity index is 557. The molecule has 0 saturated carbocycles. The predicted octanol–water partition coefficient (Wildman–Crippen LogP) is 2.46. The van der Waals surface area contributed by atoms with Crippen molar-refractivity contribution in [1.82, 2.24) is 0 Å². The van der Waals surface area contributed by atoms with Crippen LogP contribution < -0.4 is 5.63 Å². The zero-order valence-electron chi connectivity index (χ0n) is 7.37. The second kappa shape index (κ2) is 3.03. The van der Waals surface area contributed by atoms with Crippen LogP contribution in [0.2, 0.25) is 5.02 Å². The van der Waals surface area contributed by atoms with Gasteiger partial charge >= 0.3 is 5.63 Å². The van der Waals surface area contributed by atoms with Gasteiger partial charge in [-0.1, -0.05) is 17.7 Å². The summed E-state index contributed by atoms with van der Waals surface area (Å²) >= 11 is 5.93. The van der Waals surface area contributed by atoms with Gasteiger partial charge in [-0.15, -0.1) is 0 Å². The third kappa shape index (κ3) is 1.17. The van der Waals surface area contributed by atoms with Crippen LogP contribution in [0.25, 0.3) is 11.0 Å².